The van der Waals surface area contributed by atoms with Crippen molar-refractivity contribution in [3.8, 4) is 0 Å². The Hall–Kier alpha value is -3.27. The number of rotatable bonds is 10. The van der Waals surface area contributed by atoms with Crippen molar-refractivity contribution in [1.82, 2.24) is 14.5 Å². The SMILES string of the molecule is CCCNC(=O)C(C)N(Cc1ccc(F)cc1)C(=O)CCCN1C(=O)c2ccccc2S1(=O)=O. The summed E-state index contributed by atoms with van der Waals surface area (Å²) >= 11 is 0. The summed E-state index contributed by atoms with van der Waals surface area (Å²) in [6.45, 7) is 3.93. The predicted octanol–water partition coefficient (Wildman–Crippen LogP) is 2.69. The van der Waals surface area contributed by atoms with Crippen molar-refractivity contribution >= 4 is 27.7 Å². The van der Waals surface area contributed by atoms with E-state index in [1.165, 1.54) is 29.2 Å². The Bertz CT molecular complexity index is 1170. The van der Waals surface area contributed by atoms with Gasteiger partial charge in [-0.2, -0.15) is 0 Å². The fourth-order valence-electron chi connectivity index (χ4n) is 3.73. The molecule has 0 aromatic heterocycles. The third-order valence-electron chi connectivity index (χ3n) is 5.65. The van der Waals surface area contributed by atoms with Crippen LogP contribution in [0.3, 0.4) is 0 Å². The van der Waals surface area contributed by atoms with E-state index >= 15 is 0 Å². The van der Waals surface area contributed by atoms with Crippen molar-refractivity contribution in [2.75, 3.05) is 13.1 Å². The lowest BCUT2D eigenvalue weighted by Gasteiger charge is -2.29. The van der Waals surface area contributed by atoms with E-state index in [1.54, 1.807) is 31.2 Å². The Labute approximate surface area is 198 Å². The highest BCUT2D eigenvalue weighted by molar-refractivity contribution is 7.90. The Morgan fingerprint density at radius 3 is 2.44 bits per heavy atom. The van der Waals surface area contributed by atoms with Gasteiger partial charge in [-0.3, -0.25) is 14.4 Å². The summed E-state index contributed by atoms with van der Waals surface area (Å²) in [6.07, 6.45) is 0.772. The van der Waals surface area contributed by atoms with Gasteiger partial charge in [0.1, 0.15) is 16.8 Å². The van der Waals surface area contributed by atoms with Gasteiger partial charge in [-0.1, -0.05) is 31.2 Å². The summed E-state index contributed by atoms with van der Waals surface area (Å²) < 4.78 is 39.5. The van der Waals surface area contributed by atoms with E-state index in [2.05, 4.69) is 5.32 Å². The molecule has 0 aliphatic carbocycles. The third-order valence-corrected chi connectivity index (χ3v) is 7.49. The Kier molecular flexibility index (Phi) is 8.03. The number of amides is 3. The lowest BCUT2D eigenvalue weighted by molar-refractivity contribution is -0.140. The lowest BCUT2D eigenvalue weighted by atomic mass is 10.1. The van der Waals surface area contributed by atoms with Crippen molar-refractivity contribution < 1.29 is 27.2 Å². The van der Waals surface area contributed by atoms with E-state index in [-0.39, 0.29) is 48.2 Å². The lowest BCUT2D eigenvalue weighted by Crippen LogP contribution is -2.47. The van der Waals surface area contributed by atoms with E-state index in [0.717, 1.165) is 10.7 Å². The van der Waals surface area contributed by atoms with Crippen molar-refractivity contribution in [1.29, 1.82) is 0 Å². The van der Waals surface area contributed by atoms with Gasteiger partial charge in [0.25, 0.3) is 15.9 Å². The largest absolute Gasteiger partial charge is 0.354 e. The maximum absolute atomic E-state index is 13.3. The van der Waals surface area contributed by atoms with Gasteiger partial charge in [0.05, 0.1) is 5.56 Å². The molecule has 2 aromatic rings. The number of hydrogen-bond acceptors (Lipinski definition) is 5. The average molecular weight is 490 g/mol. The minimum absolute atomic E-state index is 0.0366. The van der Waals surface area contributed by atoms with Crippen LogP contribution in [0.25, 0.3) is 0 Å². The van der Waals surface area contributed by atoms with E-state index < -0.39 is 27.8 Å². The quantitative estimate of drug-likeness (QED) is 0.553. The number of halogens is 1. The van der Waals surface area contributed by atoms with Gasteiger partial charge in [0.15, 0.2) is 0 Å². The highest BCUT2D eigenvalue weighted by atomic mass is 32.2. The van der Waals surface area contributed by atoms with Crippen LogP contribution in [-0.4, -0.2) is 54.5 Å². The zero-order chi connectivity index (χ0) is 24.9. The molecule has 1 unspecified atom stereocenters. The highest BCUT2D eigenvalue weighted by Crippen LogP contribution is 2.30. The summed E-state index contributed by atoms with van der Waals surface area (Å²) in [6, 6.07) is 10.8. The molecule has 1 N–H and O–H groups in total. The first-order chi connectivity index (χ1) is 16.2. The number of nitrogens with zero attached hydrogens (tertiary/aromatic N) is 2. The maximum Gasteiger partial charge on any atom is 0.269 e. The zero-order valence-corrected chi connectivity index (χ0v) is 20.0. The van der Waals surface area contributed by atoms with E-state index in [9.17, 15) is 27.2 Å². The van der Waals surface area contributed by atoms with E-state index in [0.29, 0.717) is 12.1 Å². The second-order valence-corrected chi connectivity index (χ2v) is 9.93. The molecule has 0 spiro atoms. The van der Waals surface area contributed by atoms with Gasteiger partial charge < -0.3 is 10.2 Å². The number of carbonyl (C=O) groups is 3. The number of hydrogen-bond donors (Lipinski definition) is 1. The molecule has 2 aromatic carbocycles. The van der Waals surface area contributed by atoms with Crippen LogP contribution in [0.1, 0.15) is 49.0 Å². The van der Waals surface area contributed by atoms with Crippen molar-refractivity contribution in [2.45, 2.75) is 50.6 Å². The molecule has 0 radical (unpaired) electrons. The van der Waals surface area contributed by atoms with Gasteiger partial charge in [-0.15, -0.1) is 0 Å². The molecule has 0 saturated carbocycles. The van der Waals surface area contributed by atoms with Crippen LogP contribution in [0.15, 0.2) is 53.4 Å². The number of sulfonamides is 1. The zero-order valence-electron chi connectivity index (χ0n) is 19.2. The minimum atomic E-state index is -3.95. The van der Waals surface area contributed by atoms with Gasteiger partial charge in [0, 0.05) is 26.1 Å². The van der Waals surface area contributed by atoms with Crippen LogP contribution in [0.2, 0.25) is 0 Å². The van der Waals surface area contributed by atoms with Crippen LogP contribution in [0.4, 0.5) is 4.39 Å². The second kappa shape index (κ2) is 10.8. The number of nitrogens with one attached hydrogen (secondary N) is 1. The number of carbonyl (C=O) groups excluding carboxylic acids is 3. The van der Waals surface area contributed by atoms with Gasteiger partial charge in [0.2, 0.25) is 11.8 Å². The minimum Gasteiger partial charge on any atom is -0.354 e. The fraction of sp³-hybridized carbons (Fsp3) is 0.375. The number of benzene rings is 2. The fourth-order valence-corrected chi connectivity index (χ4v) is 5.34. The Balaban J connectivity index is 1.69. The molecule has 1 heterocycles. The summed E-state index contributed by atoms with van der Waals surface area (Å²) in [5.74, 6) is -1.71. The maximum atomic E-state index is 13.3. The molecule has 1 aliphatic heterocycles. The molecule has 10 heteroatoms. The van der Waals surface area contributed by atoms with Crippen LogP contribution >= 0.6 is 0 Å². The molecule has 3 amide bonds. The normalized spacial score (nSPS) is 15.0. The molecule has 1 aliphatic rings. The van der Waals surface area contributed by atoms with Gasteiger partial charge in [-0.05, 0) is 49.6 Å². The summed E-state index contributed by atoms with van der Waals surface area (Å²) in [4.78, 5) is 39.5. The van der Waals surface area contributed by atoms with Crippen LogP contribution in [-0.2, 0) is 26.2 Å². The molecule has 3 rings (SSSR count). The van der Waals surface area contributed by atoms with E-state index in [1.807, 2.05) is 6.92 Å². The second-order valence-electron chi connectivity index (χ2n) is 8.10. The van der Waals surface area contributed by atoms with Crippen LogP contribution in [0, 0.1) is 5.82 Å². The Morgan fingerprint density at radius 1 is 1.12 bits per heavy atom. The first kappa shape index (κ1) is 25.4. The first-order valence-corrected chi connectivity index (χ1v) is 12.6. The molecule has 34 heavy (non-hydrogen) atoms. The Morgan fingerprint density at radius 2 is 1.79 bits per heavy atom. The summed E-state index contributed by atoms with van der Waals surface area (Å²) in [5, 5.41) is 2.76. The van der Waals surface area contributed by atoms with Gasteiger partial charge in [-0.25, -0.2) is 17.1 Å². The smallest absolute Gasteiger partial charge is 0.269 e. The van der Waals surface area contributed by atoms with E-state index in [4.69, 9.17) is 0 Å². The molecule has 0 bridgehead atoms. The standard InChI is InChI=1S/C24H28FN3O5S/c1-3-14-26-23(30)17(2)27(16-18-10-12-19(25)13-11-18)22(29)9-6-15-28-24(31)20-7-4-5-8-21(20)34(28,32)33/h4-5,7-8,10-13,17H,3,6,9,14-16H2,1-2H3,(H,26,30). The van der Waals surface area contributed by atoms with Crippen molar-refractivity contribution in [3.05, 3.63) is 65.5 Å². The predicted molar refractivity (Wildman–Crippen MR) is 124 cm³/mol. The van der Waals surface area contributed by atoms with Crippen molar-refractivity contribution in [3.63, 3.8) is 0 Å². The molecule has 8 nitrogen and oxygen atoms in total. The van der Waals surface area contributed by atoms with Crippen LogP contribution in [0.5, 0.6) is 0 Å². The third kappa shape index (κ3) is 5.44. The molecule has 1 atom stereocenters. The number of fused-ring (bicyclic) bond motifs is 1. The van der Waals surface area contributed by atoms with Crippen molar-refractivity contribution in [2.24, 2.45) is 0 Å². The summed E-state index contributed by atoms with van der Waals surface area (Å²) in [5.41, 5.74) is 0.769. The highest BCUT2D eigenvalue weighted by Gasteiger charge is 2.40. The summed E-state index contributed by atoms with van der Waals surface area (Å²) in [7, 11) is -3.95. The molecule has 182 valence electrons. The molecular formula is C24H28FN3O5S. The average Bonchev–Trinajstić information content (AvgIpc) is 3.02. The topological polar surface area (TPSA) is 104 Å². The van der Waals surface area contributed by atoms with Crippen LogP contribution < -0.4 is 5.32 Å². The molecule has 0 fully saturated rings. The van der Waals surface area contributed by atoms with Gasteiger partial charge >= 0.3 is 0 Å². The first-order valence-electron chi connectivity index (χ1n) is 11.1. The molecular weight excluding hydrogens is 461 g/mol. The molecule has 0 saturated heterocycles. The monoisotopic (exact) mass is 489 g/mol.